The number of nitrogens with zero attached hydrogens (tertiary/aromatic N) is 9. The topological polar surface area (TPSA) is 97.8 Å². The van der Waals surface area contributed by atoms with Crippen molar-refractivity contribution in [3.05, 3.63) is 237 Å². The number of nitriles is 3. The van der Waals surface area contributed by atoms with Crippen LogP contribution in [0.5, 0.6) is 0 Å². The first-order valence-corrected chi connectivity index (χ1v) is 27.0. The molecule has 0 aliphatic rings. The molecule has 0 unspecified atom stereocenters. The van der Waals surface area contributed by atoms with Crippen LogP contribution < -0.4 is 14.0 Å². The molecule has 0 amide bonds. The Morgan fingerprint density at radius 2 is 0.684 bits per heavy atom. The summed E-state index contributed by atoms with van der Waals surface area (Å²) in [5.41, 5.74) is 26.2. The van der Waals surface area contributed by atoms with Crippen LogP contribution in [-0.2, 0) is 21.1 Å². The van der Waals surface area contributed by atoms with Crippen molar-refractivity contribution in [2.45, 2.75) is 88.0 Å². The first kappa shape index (κ1) is 55.9. The smallest absolute Gasteiger partial charge is 0.192 e. The molecule has 9 nitrogen and oxygen atoms in total. The summed E-state index contributed by atoms with van der Waals surface area (Å²) >= 11 is 0. The Balaban J connectivity index is 0.000000157. The highest BCUT2D eigenvalue weighted by atomic mass is 15.4. The van der Waals surface area contributed by atoms with Crippen LogP contribution in [-0.4, -0.2) is 14.0 Å². The van der Waals surface area contributed by atoms with Gasteiger partial charge in [0.25, 0.3) is 0 Å². The number of hydrogen-bond acceptors (Lipinski definition) is 3. The highest BCUT2D eigenvalue weighted by Gasteiger charge is 2.23. The van der Waals surface area contributed by atoms with Crippen LogP contribution in [0.2, 0.25) is 0 Å². The second-order valence-electron chi connectivity index (χ2n) is 21.5. The van der Waals surface area contributed by atoms with Crippen LogP contribution in [0.1, 0.15) is 106 Å². The normalized spacial score (nSPS) is 10.8. The SMILES string of the molecule is Cc1ccc(C#N)cc1-n1cc(-c2c(C(C)C)cccc2C(C)C)c[n+]1C.Cc1ccc(C#N)cc1-n1cc(-c2c(C)cc(-c3ccccc3)cc2C)c[n+]1C.Cc1ccc(C#N)cc1-n1cc(-c2c(C)cccc2C)c[n+]1C. The number of aryl methyl sites for hydroxylation is 10. The summed E-state index contributed by atoms with van der Waals surface area (Å²) in [5, 5.41) is 27.7. The van der Waals surface area contributed by atoms with Gasteiger partial charge in [0.15, 0.2) is 21.1 Å². The van der Waals surface area contributed by atoms with Gasteiger partial charge in [-0.15, -0.1) is 28.1 Å². The largest absolute Gasteiger partial charge is 0.203 e. The van der Waals surface area contributed by atoms with E-state index >= 15 is 0 Å². The average molecular weight is 1040 g/mol. The van der Waals surface area contributed by atoms with Gasteiger partial charge in [0.05, 0.1) is 70.2 Å². The molecule has 79 heavy (non-hydrogen) atoms. The molecular weight excluding hydrogens is 967 g/mol. The van der Waals surface area contributed by atoms with E-state index in [1.165, 1.54) is 77.9 Å². The Labute approximate surface area is 468 Å². The quantitative estimate of drug-likeness (QED) is 0.135. The minimum absolute atomic E-state index is 0.455. The zero-order chi connectivity index (χ0) is 56.8. The van der Waals surface area contributed by atoms with Crippen LogP contribution in [0.3, 0.4) is 0 Å². The molecule has 0 aliphatic carbocycles. The number of rotatable bonds is 9. The highest BCUT2D eigenvalue weighted by Crippen LogP contribution is 2.37. The summed E-state index contributed by atoms with van der Waals surface area (Å²) in [7, 11) is 6.11. The van der Waals surface area contributed by atoms with E-state index in [1.54, 1.807) is 0 Å². The predicted octanol–water partition coefficient (Wildman–Crippen LogP) is 14.6. The van der Waals surface area contributed by atoms with Crippen LogP contribution in [0.25, 0.3) is 61.6 Å². The van der Waals surface area contributed by atoms with Gasteiger partial charge in [-0.2, -0.15) is 15.8 Å². The first-order valence-electron chi connectivity index (χ1n) is 27.0. The van der Waals surface area contributed by atoms with Gasteiger partial charge < -0.3 is 0 Å². The molecule has 0 saturated heterocycles. The third kappa shape index (κ3) is 12.0. The predicted molar refractivity (Wildman–Crippen MR) is 318 cm³/mol. The van der Waals surface area contributed by atoms with Crippen molar-refractivity contribution in [2.75, 3.05) is 0 Å². The fourth-order valence-electron chi connectivity index (χ4n) is 10.8. The van der Waals surface area contributed by atoms with E-state index in [2.05, 4.69) is 239 Å². The molecule has 9 heteroatoms. The standard InChI is InChI=1S/C26H24N3.C24H28N3.C20H20N3/c1-18-10-11-21(15-27)14-25(18)29-17-24(16-28(29)4)26-19(2)12-23(13-20(26)3)22-8-6-5-7-9-22;1-16(2)21-8-7-9-22(17(3)4)24(21)20-14-26(6)27(15-20)23-12-19(13-25)11-10-18(23)5;1-14-8-9-17(11-21)10-19(14)23-13-18(12-22(23)4)20-15(2)6-5-7-16(20)3/h5-14,16-17H,1-4H3;7-12,14-17H,1-6H3;5-10,12-13H,1-4H3/q3*+1. The molecule has 3 aromatic heterocycles. The van der Waals surface area contributed by atoms with E-state index < -0.39 is 0 Å². The molecule has 10 rings (SSSR count). The van der Waals surface area contributed by atoms with Crippen LogP contribution in [0.15, 0.2) is 171 Å². The molecule has 0 atom stereocenters. The maximum absolute atomic E-state index is 9.28. The van der Waals surface area contributed by atoms with Gasteiger partial charge in [-0.25, -0.2) is 0 Å². The molecule has 0 spiro atoms. The van der Waals surface area contributed by atoms with Crippen LogP contribution in [0.4, 0.5) is 0 Å². The van der Waals surface area contributed by atoms with Crippen molar-refractivity contribution >= 4 is 0 Å². The Hall–Kier alpha value is -9.36. The van der Waals surface area contributed by atoms with Gasteiger partial charge in [-0.3, -0.25) is 0 Å². The maximum atomic E-state index is 9.28. The van der Waals surface area contributed by atoms with Gasteiger partial charge in [-0.05, 0) is 175 Å². The molecule has 0 bridgehead atoms. The zero-order valence-corrected chi connectivity index (χ0v) is 48.3. The summed E-state index contributed by atoms with van der Waals surface area (Å²) in [6.45, 7) is 23.8. The van der Waals surface area contributed by atoms with E-state index in [1.807, 2.05) is 74.8 Å². The van der Waals surface area contributed by atoms with Gasteiger partial charge in [0.1, 0.15) is 17.1 Å². The summed E-state index contributed by atoms with van der Waals surface area (Å²) < 4.78 is 12.6. The molecule has 3 heterocycles. The minimum atomic E-state index is 0.455. The third-order valence-electron chi connectivity index (χ3n) is 14.9. The Morgan fingerprint density at radius 1 is 0.342 bits per heavy atom. The molecule has 10 aromatic rings. The summed E-state index contributed by atoms with van der Waals surface area (Å²) in [5.74, 6) is 0.909. The number of aromatic nitrogens is 6. The summed E-state index contributed by atoms with van der Waals surface area (Å²) in [6, 6.07) is 52.2. The third-order valence-corrected chi connectivity index (χ3v) is 14.9. The Morgan fingerprint density at radius 3 is 1.04 bits per heavy atom. The Kier molecular flexibility index (Phi) is 16.9. The fourth-order valence-corrected chi connectivity index (χ4v) is 10.8. The van der Waals surface area contributed by atoms with Crippen molar-refractivity contribution in [3.63, 3.8) is 0 Å². The van der Waals surface area contributed by atoms with E-state index in [9.17, 15) is 10.5 Å². The lowest BCUT2D eigenvalue weighted by Crippen LogP contribution is -2.37. The second-order valence-corrected chi connectivity index (χ2v) is 21.5. The fraction of sp³-hybridized carbons (Fsp3) is 0.229. The van der Waals surface area contributed by atoms with Gasteiger partial charge in [0.2, 0.25) is 18.6 Å². The first-order chi connectivity index (χ1) is 37.8. The number of hydrogen-bond donors (Lipinski definition) is 0. The van der Waals surface area contributed by atoms with Crippen molar-refractivity contribution in [3.8, 4) is 79.8 Å². The molecule has 7 aromatic carbocycles. The molecule has 0 fully saturated rings. The number of benzene rings is 7. The lowest BCUT2D eigenvalue weighted by atomic mass is 9.86. The van der Waals surface area contributed by atoms with Crippen molar-refractivity contribution in [1.82, 2.24) is 14.0 Å². The molecular formula is C70H72N9+3. The monoisotopic (exact) mass is 1040 g/mol. The van der Waals surface area contributed by atoms with Crippen molar-refractivity contribution in [1.29, 1.82) is 15.8 Å². The lowest BCUT2D eigenvalue weighted by Gasteiger charge is -2.17. The average Bonchev–Trinajstić information content (AvgIpc) is 4.28. The molecule has 0 radical (unpaired) electrons. The van der Waals surface area contributed by atoms with Gasteiger partial charge in [0, 0.05) is 0 Å². The minimum Gasteiger partial charge on any atom is -0.192 e. The Bertz CT molecular complexity index is 3940. The van der Waals surface area contributed by atoms with E-state index in [0.717, 1.165) is 33.8 Å². The molecule has 394 valence electrons. The van der Waals surface area contributed by atoms with Gasteiger partial charge >= 0.3 is 0 Å². The van der Waals surface area contributed by atoms with Gasteiger partial charge in [-0.1, -0.05) is 125 Å². The van der Waals surface area contributed by atoms with Crippen LogP contribution >= 0.6 is 0 Å². The highest BCUT2D eigenvalue weighted by molar-refractivity contribution is 5.76. The van der Waals surface area contributed by atoms with Crippen LogP contribution in [0, 0.1) is 82.5 Å². The molecule has 0 N–H and O–H groups in total. The summed E-state index contributed by atoms with van der Waals surface area (Å²) in [6.07, 6.45) is 13.0. The summed E-state index contributed by atoms with van der Waals surface area (Å²) in [4.78, 5) is 0. The van der Waals surface area contributed by atoms with Crippen molar-refractivity contribution in [2.24, 2.45) is 21.1 Å². The van der Waals surface area contributed by atoms with E-state index in [4.69, 9.17) is 5.26 Å². The van der Waals surface area contributed by atoms with E-state index in [-0.39, 0.29) is 0 Å². The second kappa shape index (κ2) is 23.9. The lowest BCUT2D eigenvalue weighted by molar-refractivity contribution is -0.744. The van der Waals surface area contributed by atoms with E-state index in [0.29, 0.717) is 28.5 Å². The zero-order valence-electron chi connectivity index (χ0n) is 48.3. The molecule has 0 saturated carbocycles. The molecule has 0 aliphatic heterocycles. The van der Waals surface area contributed by atoms with Crippen molar-refractivity contribution < 1.29 is 14.0 Å². The maximum Gasteiger partial charge on any atom is 0.203 e.